The number of fused-ring (bicyclic) bond motifs is 1. The van der Waals surface area contributed by atoms with Gasteiger partial charge in [0.25, 0.3) is 0 Å². The molecule has 162 valence electrons. The molecule has 2 heterocycles. The van der Waals surface area contributed by atoms with Gasteiger partial charge < -0.3 is 20.2 Å². The lowest BCUT2D eigenvalue weighted by molar-refractivity contribution is 0.391. The molecule has 0 aliphatic carbocycles. The predicted molar refractivity (Wildman–Crippen MR) is 138 cm³/mol. The fourth-order valence-electron chi connectivity index (χ4n) is 3.89. The van der Waals surface area contributed by atoms with E-state index in [1.807, 2.05) is 12.1 Å². The summed E-state index contributed by atoms with van der Waals surface area (Å²) in [5.74, 6) is 0.294. The number of benzene rings is 3. The first-order chi connectivity index (χ1) is 15.5. The predicted octanol–water partition coefficient (Wildman–Crippen LogP) is 5.50. The average Bonchev–Trinajstić information content (AvgIpc) is 3.23. The Hall–Kier alpha value is -3.16. The number of thiocarbonyl (C=S) groups is 1. The summed E-state index contributed by atoms with van der Waals surface area (Å²) >= 11 is 7.39. The normalized spacial score (nSPS) is 14.0. The van der Waals surface area contributed by atoms with E-state index in [4.69, 9.17) is 17.2 Å². The van der Waals surface area contributed by atoms with E-state index in [0.29, 0.717) is 5.75 Å². The van der Waals surface area contributed by atoms with E-state index in [9.17, 15) is 5.11 Å². The largest absolute Gasteiger partial charge is 0.508 e. The van der Waals surface area contributed by atoms with Crippen LogP contribution in [0.5, 0.6) is 5.75 Å². The Balaban J connectivity index is 1.20. The second-order valence-corrected chi connectivity index (χ2v) is 9.41. The zero-order valence-electron chi connectivity index (χ0n) is 17.8. The summed E-state index contributed by atoms with van der Waals surface area (Å²) < 4.78 is 1.22. The summed E-state index contributed by atoms with van der Waals surface area (Å²) in [5, 5.41) is 14.6. The minimum atomic E-state index is 0.294. The topological polar surface area (TPSA) is 51.6 Å². The number of anilines is 2. The van der Waals surface area contributed by atoms with Crippen LogP contribution in [0.1, 0.15) is 5.56 Å². The van der Waals surface area contributed by atoms with Gasteiger partial charge in [-0.25, -0.2) is 4.98 Å². The molecule has 3 aromatic carbocycles. The molecule has 5 rings (SSSR count). The van der Waals surface area contributed by atoms with E-state index in [-0.39, 0.29) is 0 Å². The number of piperazine rings is 1. The van der Waals surface area contributed by atoms with E-state index in [1.165, 1.54) is 10.3 Å². The number of thiazole rings is 1. The van der Waals surface area contributed by atoms with Crippen LogP contribution in [0.25, 0.3) is 20.8 Å². The van der Waals surface area contributed by atoms with Gasteiger partial charge in [-0.2, -0.15) is 0 Å². The first-order valence-corrected chi connectivity index (χ1v) is 11.9. The minimum absolute atomic E-state index is 0.294. The summed E-state index contributed by atoms with van der Waals surface area (Å²) in [4.78, 5) is 9.29. The molecule has 1 fully saturated rings. The highest BCUT2D eigenvalue weighted by atomic mass is 32.1. The van der Waals surface area contributed by atoms with Gasteiger partial charge in [0.05, 0.1) is 10.2 Å². The summed E-state index contributed by atoms with van der Waals surface area (Å²) in [6.45, 7) is 5.60. The van der Waals surface area contributed by atoms with Crippen LogP contribution < -0.4 is 10.2 Å². The Labute approximate surface area is 196 Å². The summed E-state index contributed by atoms with van der Waals surface area (Å²) in [7, 11) is 0. The molecular weight excluding hydrogens is 436 g/mol. The van der Waals surface area contributed by atoms with Gasteiger partial charge in [-0.1, -0.05) is 6.07 Å². The molecule has 0 spiro atoms. The molecule has 0 amide bonds. The van der Waals surface area contributed by atoms with Crippen molar-refractivity contribution in [3.63, 3.8) is 0 Å². The molecule has 1 aliphatic heterocycles. The van der Waals surface area contributed by atoms with Crippen molar-refractivity contribution < 1.29 is 5.11 Å². The number of phenols is 1. The lowest BCUT2D eigenvalue weighted by Gasteiger charge is -2.37. The van der Waals surface area contributed by atoms with Gasteiger partial charge in [-0.15, -0.1) is 11.3 Å². The van der Waals surface area contributed by atoms with Crippen LogP contribution >= 0.6 is 23.6 Å². The van der Waals surface area contributed by atoms with Crippen LogP contribution in [-0.4, -0.2) is 46.3 Å². The number of hydrogen-bond acceptors (Lipinski definition) is 5. The second-order valence-electron chi connectivity index (χ2n) is 7.99. The fraction of sp³-hybridized carbons (Fsp3) is 0.200. The Morgan fingerprint density at radius 1 is 0.969 bits per heavy atom. The third kappa shape index (κ3) is 4.40. The van der Waals surface area contributed by atoms with Crippen LogP contribution in [0, 0.1) is 6.92 Å². The molecule has 0 bridgehead atoms. The number of rotatable bonds is 3. The highest BCUT2D eigenvalue weighted by Crippen LogP contribution is 2.31. The van der Waals surface area contributed by atoms with Gasteiger partial charge in [0.1, 0.15) is 10.8 Å². The Morgan fingerprint density at radius 3 is 2.41 bits per heavy atom. The first-order valence-electron chi connectivity index (χ1n) is 10.6. The van der Waals surface area contributed by atoms with E-state index >= 15 is 0 Å². The minimum Gasteiger partial charge on any atom is -0.508 e. The number of phenolic OH excluding ortho intramolecular Hbond substituents is 1. The molecule has 7 heteroatoms. The third-order valence-electron chi connectivity index (χ3n) is 5.71. The summed E-state index contributed by atoms with van der Waals surface area (Å²) in [5.41, 5.74) is 5.52. The van der Waals surface area contributed by atoms with Gasteiger partial charge in [-0.3, -0.25) is 0 Å². The van der Waals surface area contributed by atoms with Crippen LogP contribution in [0.15, 0.2) is 66.7 Å². The summed E-state index contributed by atoms with van der Waals surface area (Å²) in [6, 6.07) is 22.1. The Morgan fingerprint density at radius 2 is 1.69 bits per heavy atom. The zero-order valence-corrected chi connectivity index (χ0v) is 19.4. The van der Waals surface area contributed by atoms with E-state index in [0.717, 1.165) is 58.8 Å². The average molecular weight is 461 g/mol. The zero-order chi connectivity index (χ0) is 22.1. The van der Waals surface area contributed by atoms with Crippen LogP contribution in [0.3, 0.4) is 0 Å². The molecule has 5 nitrogen and oxygen atoms in total. The number of nitrogens with one attached hydrogen (secondary N) is 1. The molecule has 0 atom stereocenters. The van der Waals surface area contributed by atoms with Gasteiger partial charge >= 0.3 is 0 Å². The van der Waals surface area contributed by atoms with Gasteiger partial charge in [0.2, 0.25) is 0 Å². The number of aromatic hydroxyl groups is 1. The van der Waals surface area contributed by atoms with Crippen LogP contribution in [-0.2, 0) is 0 Å². The number of aryl methyl sites for hydroxylation is 1. The molecular formula is C25H24N4OS2. The standard InChI is InChI=1S/C25H24N4OS2/c1-17-2-11-22-23(16-17)32-24(27-22)18-3-5-19(6-4-18)26-25(31)29-14-12-28(13-15-29)20-7-9-21(30)10-8-20/h2-11,16,30H,12-15H2,1H3,(H,26,31). The van der Waals surface area contributed by atoms with Crippen LogP contribution in [0.4, 0.5) is 11.4 Å². The van der Waals surface area contributed by atoms with Crippen molar-refractivity contribution in [1.29, 1.82) is 0 Å². The van der Waals surface area contributed by atoms with E-state index < -0.39 is 0 Å². The molecule has 1 aromatic heterocycles. The van der Waals surface area contributed by atoms with E-state index in [1.54, 1.807) is 23.5 Å². The third-order valence-corrected chi connectivity index (χ3v) is 7.14. The van der Waals surface area contributed by atoms with Gasteiger partial charge in [-0.05, 0) is 85.4 Å². The van der Waals surface area contributed by atoms with Gasteiger partial charge in [0, 0.05) is 43.1 Å². The lowest BCUT2D eigenvalue weighted by atomic mass is 10.2. The molecule has 0 saturated carbocycles. The quantitative estimate of drug-likeness (QED) is 0.394. The highest BCUT2D eigenvalue weighted by molar-refractivity contribution is 7.80. The number of aromatic nitrogens is 1. The monoisotopic (exact) mass is 460 g/mol. The van der Waals surface area contributed by atoms with E-state index in [2.05, 4.69) is 64.5 Å². The van der Waals surface area contributed by atoms with Crippen molar-refractivity contribution in [1.82, 2.24) is 9.88 Å². The van der Waals surface area contributed by atoms with Crippen molar-refractivity contribution >= 4 is 50.3 Å². The highest BCUT2D eigenvalue weighted by Gasteiger charge is 2.19. The van der Waals surface area contributed by atoms with Crippen molar-refractivity contribution in [2.45, 2.75) is 6.92 Å². The molecule has 0 radical (unpaired) electrons. The van der Waals surface area contributed by atoms with Crippen LogP contribution in [0.2, 0.25) is 0 Å². The fourth-order valence-corrected chi connectivity index (χ4v) is 5.25. The van der Waals surface area contributed by atoms with Crippen molar-refractivity contribution in [2.75, 3.05) is 36.4 Å². The smallest absolute Gasteiger partial charge is 0.173 e. The number of hydrogen-bond donors (Lipinski definition) is 2. The molecule has 0 unspecified atom stereocenters. The first kappa shape index (κ1) is 20.7. The van der Waals surface area contributed by atoms with Crippen molar-refractivity contribution in [2.24, 2.45) is 0 Å². The molecule has 1 aliphatic rings. The summed E-state index contributed by atoms with van der Waals surface area (Å²) in [6.07, 6.45) is 0. The molecule has 1 saturated heterocycles. The maximum Gasteiger partial charge on any atom is 0.173 e. The second kappa shape index (κ2) is 8.76. The Kier molecular flexibility index (Phi) is 5.68. The van der Waals surface area contributed by atoms with Crippen molar-refractivity contribution in [3.05, 3.63) is 72.3 Å². The maximum absolute atomic E-state index is 9.48. The van der Waals surface area contributed by atoms with Crippen molar-refractivity contribution in [3.8, 4) is 16.3 Å². The molecule has 2 N–H and O–H groups in total. The number of nitrogens with zero attached hydrogens (tertiary/aromatic N) is 3. The van der Waals surface area contributed by atoms with Gasteiger partial charge in [0.15, 0.2) is 5.11 Å². The molecule has 32 heavy (non-hydrogen) atoms. The maximum atomic E-state index is 9.48. The SMILES string of the molecule is Cc1ccc2nc(-c3ccc(NC(=S)N4CCN(c5ccc(O)cc5)CC4)cc3)sc2c1. The Bertz CT molecular complexity index is 1240. The molecule has 4 aromatic rings. The lowest BCUT2D eigenvalue weighted by Crippen LogP contribution is -2.50.